The highest BCUT2D eigenvalue weighted by molar-refractivity contribution is 5.92. The fraction of sp³-hybridized carbons (Fsp3) is 0.615. The lowest BCUT2D eigenvalue weighted by molar-refractivity contribution is 0.0853. The molecule has 1 saturated carbocycles. The number of H-pyrrole nitrogens is 1. The van der Waals surface area contributed by atoms with E-state index in [0.29, 0.717) is 12.5 Å². The predicted molar refractivity (Wildman–Crippen MR) is 71.7 cm³/mol. The fourth-order valence-electron chi connectivity index (χ4n) is 2.47. The van der Waals surface area contributed by atoms with Crippen LogP contribution in [-0.4, -0.2) is 28.2 Å². The number of carbonyl (C=O) groups excluding carboxylic acids is 1. The molecule has 1 heterocycles. The number of rotatable bonds is 3. The minimum atomic E-state index is -0.332. The molecule has 6 heteroatoms. The van der Waals surface area contributed by atoms with Crippen LogP contribution in [0.25, 0.3) is 0 Å². The third kappa shape index (κ3) is 3.20. The van der Waals surface area contributed by atoms with E-state index < -0.39 is 0 Å². The Labute approximate surface area is 111 Å². The number of hydrogen-bond donors (Lipinski definition) is 3. The SMILES string of the molecule is CC1CCC(CN)(NC(=O)c2ccc(=O)[nH]n2)CC1. The summed E-state index contributed by atoms with van der Waals surface area (Å²) in [5.74, 6) is 0.402. The molecule has 1 aliphatic carbocycles. The molecular weight excluding hydrogens is 244 g/mol. The van der Waals surface area contributed by atoms with Crippen LogP contribution in [0.1, 0.15) is 43.1 Å². The van der Waals surface area contributed by atoms with Crippen molar-refractivity contribution < 1.29 is 4.79 Å². The van der Waals surface area contributed by atoms with Gasteiger partial charge in [0.2, 0.25) is 0 Å². The van der Waals surface area contributed by atoms with Crippen LogP contribution < -0.4 is 16.6 Å². The lowest BCUT2D eigenvalue weighted by atomic mass is 9.77. The van der Waals surface area contributed by atoms with Gasteiger partial charge >= 0.3 is 0 Å². The Hall–Kier alpha value is -1.69. The molecule has 1 aromatic heterocycles. The van der Waals surface area contributed by atoms with Crippen molar-refractivity contribution in [3.05, 3.63) is 28.2 Å². The van der Waals surface area contributed by atoms with E-state index >= 15 is 0 Å². The molecule has 2 rings (SSSR count). The van der Waals surface area contributed by atoms with Crippen molar-refractivity contribution in [1.82, 2.24) is 15.5 Å². The Morgan fingerprint density at radius 3 is 2.74 bits per heavy atom. The van der Waals surface area contributed by atoms with Gasteiger partial charge in [-0.1, -0.05) is 6.92 Å². The van der Waals surface area contributed by atoms with E-state index in [9.17, 15) is 9.59 Å². The van der Waals surface area contributed by atoms with Crippen molar-refractivity contribution in [2.75, 3.05) is 6.54 Å². The number of hydrogen-bond acceptors (Lipinski definition) is 4. The molecule has 19 heavy (non-hydrogen) atoms. The Kier molecular flexibility index (Phi) is 3.99. The topological polar surface area (TPSA) is 101 Å². The third-order valence-corrected chi connectivity index (χ3v) is 3.91. The molecule has 4 N–H and O–H groups in total. The molecule has 0 spiro atoms. The van der Waals surface area contributed by atoms with Crippen molar-refractivity contribution in [1.29, 1.82) is 0 Å². The van der Waals surface area contributed by atoms with Gasteiger partial charge in [0.1, 0.15) is 5.69 Å². The zero-order valence-electron chi connectivity index (χ0n) is 11.1. The number of nitrogens with zero attached hydrogens (tertiary/aromatic N) is 1. The number of nitrogens with one attached hydrogen (secondary N) is 2. The van der Waals surface area contributed by atoms with Gasteiger partial charge < -0.3 is 11.1 Å². The highest BCUT2D eigenvalue weighted by Gasteiger charge is 2.34. The molecule has 0 atom stereocenters. The molecule has 104 valence electrons. The number of carbonyl (C=O) groups is 1. The molecule has 6 nitrogen and oxygen atoms in total. The molecule has 0 radical (unpaired) electrons. The molecule has 0 saturated heterocycles. The van der Waals surface area contributed by atoms with Gasteiger partial charge in [0.15, 0.2) is 0 Å². The zero-order chi connectivity index (χ0) is 13.9. The standard InChI is InChI=1S/C13H20N4O2/c1-9-4-6-13(8-14,7-5-9)15-12(19)10-2-3-11(18)17-16-10/h2-3,9H,4-8,14H2,1H3,(H,15,19)(H,17,18). The summed E-state index contributed by atoms with van der Waals surface area (Å²) < 4.78 is 0. The molecule has 0 aromatic carbocycles. The van der Waals surface area contributed by atoms with E-state index in [4.69, 9.17) is 5.73 Å². The maximum Gasteiger partial charge on any atom is 0.272 e. The largest absolute Gasteiger partial charge is 0.344 e. The molecule has 1 aliphatic rings. The zero-order valence-corrected chi connectivity index (χ0v) is 11.1. The van der Waals surface area contributed by atoms with E-state index in [-0.39, 0.29) is 22.7 Å². The second kappa shape index (κ2) is 5.52. The summed E-state index contributed by atoms with van der Waals surface area (Å²) in [5.41, 5.74) is 5.40. The summed E-state index contributed by atoms with van der Waals surface area (Å²) >= 11 is 0. The minimum absolute atomic E-state index is 0.214. The van der Waals surface area contributed by atoms with Crippen molar-refractivity contribution in [3.63, 3.8) is 0 Å². The number of aromatic amines is 1. The Balaban J connectivity index is 2.08. The summed E-state index contributed by atoms with van der Waals surface area (Å²) in [6, 6.07) is 2.71. The summed E-state index contributed by atoms with van der Waals surface area (Å²) in [4.78, 5) is 23.0. The molecule has 1 fully saturated rings. The van der Waals surface area contributed by atoms with Gasteiger partial charge in [-0.25, -0.2) is 5.10 Å². The third-order valence-electron chi connectivity index (χ3n) is 3.91. The first kappa shape index (κ1) is 13.7. The van der Waals surface area contributed by atoms with Crippen molar-refractivity contribution in [3.8, 4) is 0 Å². The Bertz CT molecular complexity index is 483. The first-order valence-corrected chi connectivity index (χ1v) is 6.63. The smallest absolute Gasteiger partial charge is 0.272 e. The first-order valence-electron chi connectivity index (χ1n) is 6.63. The van der Waals surface area contributed by atoms with Gasteiger partial charge in [-0.05, 0) is 37.7 Å². The maximum atomic E-state index is 12.1. The second-order valence-electron chi connectivity index (χ2n) is 5.43. The summed E-state index contributed by atoms with van der Waals surface area (Å²) in [6.45, 7) is 2.64. The van der Waals surface area contributed by atoms with Crippen LogP contribution in [0.3, 0.4) is 0 Å². The van der Waals surface area contributed by atoms with Gasteiger partial charge in [0.25, 0.3) is 11.5 Å². The highest BCUT2D eigenvalue weighted by Crippen LogP contribution is 2.31. The molecular formula is C13H20N4O2. The fourth-order valence-corrected chi connectivity index (χ4v) is 2.47. The Morgan fingerprint density at radius 2 is 2.21 bits per heavy atom. The number of aromatic nitrogens is 2. The summed E-state index contributed by atoms with van der Waals surface area (Å²) in [7, 11) is 0. The van der Waals surface area contributed by atoms with Gasteiger partial charge in [0.05, 0.1) is 5.54 Å². The van der Waals surface area contributed by atoms with Crippen LogP contribution in [0.4, 0.5) is 0 Å². The van der Waals surface area contributed by atoms with Gasteiger partial charge in [-0.2, -0.15) is 5.10 Å². The van der Waals surface area contributed by atoms with E-state index in [1.54, 1.807) is 0 Å². The first-order chi connectivity index (χ1) is 9.04. The summed E-state index contributed by atoms with van der Waals surface area (Å²) in [5, 5.41) is 8.98. The average Bonchev–Trinajstić information content (AvgIpc) is 2.42. The van der Waals surface area contributed by atoms with Crippen LogP contribution in [0.15, 0.2) is 16.9 Å². The van der Waals surface area contributed by atoms with E-state index in [1.807, 2.05) is 0 Å². The number of amides is 1. The number of nitrogens with two attached hydrogens (primary N) is 1. The quantitative estimate of drug-likeness (QED) is 0.736. The molecule has 0 aliphatic heterocycles. The van der Waals surface area contributed by atoms with Crippen molar-refractivity contribution >= 4 is 5.91 Å². The lowest BCUT2D eigenvalue weighted by Crippen LogP contribution is -2.55. The average molecular weight is 264 g/mol. The molecule has 1 aromatic rings. The summed E-state index contributed by atoms with van der Waals surface area (Å²) in [6.07, 6.45) is 3.91. The van der Waals surface area contributed by atoms with Crippen molar-refractivity contribution in [2.24, 2.45) is 11.7 Å². The van der Waals surface area contributed by atoms with E-state index in [2.05, 4.69) is 22.4 Å². The molecule has 0 unspecified atom stereocenters. The van der Waals surface area contributed by atoms with Crippen LogP contribution in [0, 0.1) is 5.92 Å². The maximum absolute atomic E-state index is 12.1. The van der Waals surface area contributed by atoms with Crippen LogP contribution in [0.5, 0.6) is 0 Å². The van der Waals surface area contributed by atoms with Crippen LogP contribution >= 0.6 is 0 Å². The Morgan fingerprint density at radius 1 is 1.53 bits per heavy atom. The van der Waals surface area contributed by atoms with Gasteiger partial charge in [0, 0.05) is 12.6 Å². The lowest BCUT2D eigenvalue weighted by Gasteiger charge is -2.39. The van der Waals surface area contributed by atoms with Crippen molar-refractivity contribution in [2.45, 2.75) is 38.1 Å². The predicted octanol–water partition coefficient (Wildman–Crippen LogP) is 0.407. The molecule has 0 bridgehead atoms. The van der Waals surface area contributed by atoms with E-state index in [1.165, 1.54) is 12.1 Å². The van der Waals surface area contributed by atoms with Crippen LogP contribution in [0.2, 0.25) is 0 Å². The van der Waals surface area contributed by atoms with Crippen LogP contribution in [-0.2, 0) is 0 Å². The van der Waals surface area contributed by atoms with Gasteiger partial charge in [-0.15, -0.1) is 0 Å². The second-order valence-corrected chi connectivity index (χ2v) is 5.43. The normalized spacial score (nSPS) is 26.9. The van der Waals surface area contributed by atoms with Gasteiger partial charge in [-0.3, -0.25) is 9.59 Å². The molecule has 1 amide bonds. The van der Waals surface area contributed by atoms with E-state index in [0.717, 1.165) is 25.7 Å². The highest BCUT2D eigenvalue weighted by atomic mass is 16.2. The monoisotopic (exact) mass is 264 g/mol. The minimum Gasteiger partial charge on any atom is -0.344 e.